The van der Waals surface area contributed by atoms with Crippen molar-refractivity contribution in [2.45, 2.75) is 0 Å². The molecule has 1 N–H and O–H groups in total. The number of benzene rings is 4. The maximum Gasteiger partial charge on any atom is 0.344 e. The predicted octanol–water partition coefficient (Wildman–Crippen LogP) is 6.53. The number of carbonyl (C=O) groups is 1. The summed E-state index contributed by atoms with van der Waals surface area (Å²) in [7, 11) is 1.53. The van der Waals surface area contributed by atoms with Crippen molar-refractivity contribution in [2.24, 2.45) is 0 Å². The van der Waals surface area contributed by atoms with E-state index in [2.05, 4.69) is 10.3 Å². The second-order valence-corrected chi connectivity index (χ2v) is 8.42. The molecule has 0 atom stereocenters. The second kappa shape index (κ2) is 9.13. The lowest BCUT2D eigenvalue weighted by Gasteiger charge is -2.12. The molecule has 0 aliphatic rings. The number of hydrogen-bond acceptors (Lipinski definition) is 6. The fourth-order valence-corrected chi connectivity index (χ4v) is 4.22. The highest BCUT2D eigenvalue weighted by Gasteiger charge is 2.16. The van der Waals surface area contributed by atoms with E-state index < -0.39 is 5.63 Å². The zero-order valence-corrected chi connectivity index (χ0v) is 19.7. The van der Waals surface area contributed by atoms with Gasteiger partial charge in [0.05, 0.1) is 18.4 Å². The summed E-state index contributed by atoms with van der Waals surface area (Å²) in [5.74, 6) is 0.559. The van der Waals surface area contributed by atoms with Gasteiger partial charge in [0.2, 0.25) is 5.89 Å². The van der Waals surface area contributed by atoms with Crippen LogP contribution in [0.1, 0.15) is 10.4 Å². The van der Waals surface area contributed by atoms with Crippen LogP contribution in [0.5, 0.6) is 5.75 Å². The number of para-hydroxylation sites is 3. The average Bonchev–Trinajstić information content (AvgIpc) is 3.37. The van der Waals surface area contributed by atoms with Crippen molar-refractivity contribution >= 4 is 33.7 Å². The first kappa shape index (κ1) is 22.3. The Kier molecular flexibility index (Phi) is 5.50. The number of carbonyl (C=O) groups excluding carboxylic acids is 1. The van der Waals surface area contributed by atoms with Crippen LogP contribution in [0.2, 0.25) is 0 Å². The van der Waals surface area contributed by atoms with E-state index in [-0.39, 0.29) is 5.91 Å². The molecule has 0 unspecified atom stereocenters. The van der Waals surface area contributed by atoms with Crippen LogP contribution in [-0.4, -0.2) is 18.0 Å². The van der Waals surface area contributed by atoms with E-state index in [0.29, 0.717) is 50.7 Å². The Labute approximate surface area is 211 Å². The molecule has 0 fully saturated rings. The van der Waals surface area contributed by atoms with Crippen molar-refractivity contribution in [2.75, 3.05) is 12.4 Å². The average molecular weight is 488 g/mol. The fourth-order valence-electron chi connectivity index (χ4n) is 4.22. The first-order valence-electron chi connectivity index (χ1n) is 11.6. The van der Waals surface area contributed by atoms with Gasteiger partial charge in [-0.15, -0.1) is 0 Å². The Balaban J connectivity index is 1.33. The molecule has 4 aromatic carbocycles. The van der Waals surface area contributed by atoms with Gasteiger partial charge < -0.3 is 18.9 Å². The molecule has 7 heteroatoms. The van der Waals surface area contributed by atoms with Gasteiger partial charge >= 0.3 is 5.63 Å². The third-order valence-corrected chi connectivity index (χ3v) is 6.07. The highest BCUT2D eigenvalue weighted by Crippen LogP contribution is 2.32. The number of methoxy groups -OCH3 is 1. The number of rotatable bonds is 5. The molecule has 6 rings (SSSR count). The molecule has 2 heterocycles. The third kappa shape index (κ3) is 4.23. The molecule has 0 aliphatic heterocycles. The Morgan fingerprint density at radius 2 is 1.62 bits per heavy atom. The first-order valence-corrected chi connectivity index (χ1v) is 11.6. The van der Waals surface area contributed by atoms with E-state index in [4.69, 9.17) is 13.6 Å². The highest BCUT2D eigenvalue weighted by atomic mass is 16.5. The van der Waals surface area contributed by atoms with E-state index >= 15 is 0 Å². The summed E-state index contributed by atoms with van der Waals surface area (Å²) < 4.78 is 16.8. The van der Waals surface area contributed by atoms with Crippen LogP contribution < -0.4 is 15.7 Å². The monoisotopic (exact) mass is 488 g/mol. The van der Waals surface area contributed by atoms with Crippen LogP contribution in [0.15, 0.2) is 111 Å². The van der Waals surface area contributed by atoms with E-state index in [9.17, 15) is 9.59 Å². The number of anilines is 1. The summed E-state index contributed by atoms with van der Waals surface area (Å²) >= 11 is 0. The maximum absolute atomic E-state index is 13.2. The summed E-state index contributed by atoms with van der Waals surface area (Å²) in [5, 5.41) is 3.71. The zero-order valence-electron chi connectivity index (χ0n) is 19.7. The first-order chi connectivity index (χ1) is 18.1. The predicted molar refractivity (Wildman–Crippen MR) is 142 cm³/mol. The van der Waals surface area contributed by atoms with Crippen LogP contribution in [0, 0.1) is 0 Å². The van der Waals surface area contributed by atoms with Gasteiger partial charge in [0.15, 0.2) is 5.58 Å². The standard InChI is InChI=1S/C30H20N2O5/c1-35-26-14-13-21(29-32-23-10-3-5-12-27(23)36-29)17-24(26)31-28(33)20-9-6-8-18(15-20)22-16-19-7-2-4-11-25(19)37-30(22)34/h2-17H,1H3,(H,31,33). The van der Waals surface area contributed by atoms with Crippen LogP contribution >= 0.6 is 0 Å². The third-order valence-electron chi connectivity index (χ3n) is 6.07. The minimum atomic E-state index is -0.469. The Morgan fingerprint density at radius 3 is 2.46 bits per heavy atom. The van der Waals surface area contributed by atoms with Crippen molar-refractivity contribution in [1.29, 1.82) is 0 Å². The molecule has 1 amide bonds. The van der Waals surface area contributed by atoms with Gasteiger partial charge in [-0.3, -0.25) is 4.79 Å². The number of fused-ring (bicyclic) bond motifs is 2. The topological polar surface area (TPSA) is 94.6 Å². The van der Waals surface area contributed by atoms with E-state index in [1.807, 2.05) is 48.5 Å². The minimum Gasteiger partial charge on any atom is -0.495 e. The summed E-state index contributed by atoms with van der Waals surface area (Å²) in [6.07, 6.45) is 0. The van der Waals surface area contributed by atoms with Gasteiger partial charge in [-0.05, 0) is 60.2 Å². The summed E-state index contributed by atoms with van der Waals surface area (Å²) in [6.45, 7) is 0. The number of aromatic nitrogens is 1. The highest BCUT2D eigenvalue weighted by molar-refractivity contribution is 6.06. The van der Waals surface area contributed by atoms with Crippen molar-refractivity contribution in [3.63, 3.8) is 0 Å². The Bertz CT molecular complexity index is 1820. The molecule has 0 saturated carbocycles. The number of oxazole rings is 1. The molecule has 37 heavy (non-hydrogen) atoms. The van der Waals surface area contributed by atoms with Crippen LogP contribution in [0.3, 0.4) is 0 Å². The number of amides is 1. The smallest absolute Gasteiger partial charge is 0.344 e. The molecular weight excluding hydrogens is 468 g/mol. The molecule has 0 bridgehead atoms. The van der Waals surface area contributed by atoms with Gasteiger partial charge in [0.1, 0.15) is 16.8 Å². The van der Waals surface area contributed by atoms with Crippen molar-refractivity contribution in [3.05, 3.63) is 113 Å². The Hall–Kier alpha value is -5.17. The lowest BCUT2D eigenvalue weighted by atomic mass is 10.0. The lowest BCUT2D eigenvalue weighted by molar-refractivity contribution is 0.102. The molecule has 180 valence electrons. The molecule has 0 saturated heterocycles. The molecule has 7 nitrogen and oxygen atoms in total. The van der Waals surface area contributed by atoms with Crippen molar-refractivity contribution < 1.29 is 18.4 Å². The van der Waals surface area contributed by atoms with Gasteiger partial charge in [-0.25, -0.2) is 9.78 Å². The summed E-state index contributed by atoms with van der Waals surface area (Å²) in [6, 6.07) is 28.7. The molecule has 6 aromatic rings. The van der Waals surface area contributed by atoms with Gasteiger partial charge in [0.25, 0.3) is 5.91 Å². The van der Waals surface area contributed by atoms with Gasteiger partial charge in [-0.1, -0.05) is 42.5 Å². The fraction of sp³-hybridized carbons (Fsp3) is 0.0333. The van der Waals surface area contributed by atoms with Crippen LogP contribution in [-0.2, 0) is 0 Å². The molecular formula is C30H20N2O5. The quantitative estimate of drug-likeness (QED) is 0.277. The summed E-state index contributed by atoms with van der Waals surface area (Å²) in [4.78, 5) is 30.4. The van der Waals surface area contributed by atoms with Gasteiger partial charge in [0, 0.05) is 16.5 Å². The number of nitrogens with zero attached hydrogens (tertiary/aromatic N) is 1. The number of hydrogen-bond donors (Lipinski definition) is 1. The second-order valence-electron chi connectivity index (χ2n) is 8.42. The zero-order chi connectivity index (χ0) is 25.4. The molecule has 0 aliphatic carbocycles. The lowest BCUT2D eigenvalue weighted by Crippen LogP contribution is -2.13. The largest absolute Gasteiger partial charge is 0.495 e. The SMILES string of the molecule is COc1ccc(-c2nc3ccccc3o2)cc1NC(=O)c1cccc(-c2cc3ccccc3oc2=O)c1. The molecule has 0 radical (unpaired) electrons. The summed E-state index contributed by atoms with van der Waals surface area (Å²) in [5.41, 5.74) is 3.95. The minimum absolute atomic E-state index is 0.361. The van der Waals surface area contributed by atoms with Crippen molar-refractivity contribution in [3.8, 4) is 28.3 Å². The van der Waals surface area contributed by atoms with Gasteiger partial charge in [-0.2, -0.15) is 0 Å². The number of ether oxygens (including phenoxy) is 1. The van der Waals surface area contributed by atoms with E-state index in [1.54, 1.807) is 48.5 Å². The van der Waals surface area contributed by atoms with Crippen LogP contribution in [0.25, 0.3) is 44.7 Å². The maximum atomic E-state index is 13.2. The van der Waals surface area contributed by atoms with Crippen LogP contribution in [0.4, 0.5) is 5.69 Å². The van der Waals surface area contributed by atoms with Crippen molar-refractivity contribution in [1.82, 2.24) is 4.98 Å². The molecule has 0 spiro atoms. The molecule has 2 aromatic heterocycles. The Morgan fingerprint density at radius 1 is 0.811 bits per heavy atom. The van der Waals surface area contributed by atoms with E-state index in [1.165, 1.54) is 7.11 Å². The van der Waals surface area contributed by atoms with E-state index in [0.717, 1.165) is 10.9 Å². The normalized spacial score (nSPS) is 11.1. The number of nitrogens with one attached hydrogen (secondary N) is 1.